The second-order valence-corrected chi connectivity index (χ2v) is 7.85. The predicted octanol–water partition coefficient (Wildman–Crippen LogP) is 2.45. The number of hydrogen-bond acceptors (Lipinski definition) is 3. The number of hydrogen-bond donors (Lipinski definition) is 1. The monoisotopic (exact) mass is 363 g/mol. The first-order valence-corrected chi connectivity index (χ1v) is 9.62. The lowest BCUT2D eigenvalue weighted by atomic mass is 9.89. The molecule has 0 radical (unpaired) electrons. The number of nitrogens with zero attached hydrogens (tertiary/aromatic N) is 2. The van der Waals surface area contributed by atoms with Crippen molar-refractivity contribution < 1.29 is 8.42 Å². The highest BCUT2D eigenvalue weighted by Gasteiger charge is 2.34. The Morgan fingerprint density at radius 3 is 2.60 bits per heavy atom. The first kappa shape index (κ1) is 16.0. The summed E-state index contributed by atoms with van der Waals surface area (Å²) in [7, 11) is -3.51. The lowest BCUT2D eigenvalue weighted by molar-refractivity contribution is 0.347. The van der Waals surface area contributed by atoms with Gasteiger partial charge in [-0.25, -0.2) is 18.1 Å². The Bertz CT molecular complexity index is 562. The fourth-order valence-corrected chi connectivity index (χ4v) is 4.65. The molecule has 0 spiro atoms. The highest BCUT2D eigenvalue weighted by atomic mass is 79.9. The van der Waals surface area contributed by atoms with Crippen LogP contribution in [0.2, 0.25) is 0 Å². The first-order chi connectivity index (χ1) is 9.42. The van der Waals surface area contributed by atoms with Gasteiger partial charge in [-0.2, -0.15) is 0 Å². The van der Waals surface area contributed by atoms with Crippen LogP contribution in [0.15, 0.2) is 11.2 Å². The second-order valence-electron chi connectivity index (χ2n) is 5.58. The minimum Gasteiger partial charge on any atom is -0.334 e. The van der Waals surface area contributed by atoms with E-state index in [-0.39, 0.29) is 10.4 Å². The molecule has 0 amide bonds. The SMILES string of the molecule is CCn1cc(S(=O)(=O)NCC2(CBr)CCCC2)nc1C. The smallest absolute Gasteiger partial charge is 0.259 e. The van der Waals surface area contributed by atoms with Crippen molar-refractivity contribution >= 4 is 26.0 Å². The van der Waals surface area contributed by atoms with Crippen LogP contribution in [0.1, 0.15) is 38.4 Å². The molecule has 1 aliphatic carbocycles. The minimum absolute atomic E-state index is 0.0649. The molecule has 0 aliphatic heterocycles. The van der Waals surface area contributed by atoms with Crippen LogP contribution in [0.25, 0.3) is 0 Å². The van der Waals surface area contributed by atoms with Crippen LogP contribution in [0.3, 0.4) is 0 Å². The lowest BCUT2D eigenvalue weighted by Gasteiger charge is -2.26. The van der Waals surface area contributed by atoms with Gasteiger partial charge in [-0.15, -0.1) is 0 Å². The number of halogens is 1. The van der Waals surface area contributed by atoms with Gasteiger partial charge in [0.25, 0.3) is 10.0 Å². The third kappa shape index (κ3) is 3.26. The van der Waals surface area contributed by atoms with Crippen LogP contribution in [0, 0.1) is 12.3 Å². The number of alkyl halides is 1. The minimum atomic E-state index is -3.51. The van der Waals surface area contributed by atoms with Crippen molar-refractivity contribution in [2.24, 2.45) is 5.41 Å². The number of aromatic nitrogens is 2. The Labute approximate surface area is 129 Å². The first-order valence-electron chi connectivity index (χ1n) is 7.02. The fraction of sp³-hybridized carbons (Fsp3) is 0.769. The largest absolute Gasteiger partial charge is 0.334 e. The Kier molecular flexibility index (Phi) is 4.92. The van der Waals surface area contributed by atoms with Gasteiger partial charge < -0.3 is 4.57 Å². The molecule has 0 unspecified atom stereocenters. The summed E-state index contributed by atoms with van der Waals surface area (Å²) in [5.74, 6) is 0.726. The summed E-state index contributed by atoms with van der Waals surface area (Å²) >= 11 is 3.53. The highest BCUT2D eigenvalue weighted by molar-refractivity contribution is 9.09. The molecule has 1 fully saturated rings. The van der Waals surface area contributed by atoms with E-state index in [0.29, 0.717) is 6.54 Å². The average molecular weight is 364 g/mol. The summed E-state index contributed by atoms with van der Waals surface area (Å²) in [4.78, 5) is 4.15. The highest BCUT2D eigenvalue weighted by Crippen LogP contribution is 2.39. The van der Waals surface area contributed by atoms with Crippen molar-refractivity contribution in [3.05, 3.63) is 12.0 Å². The van der Waals surface area contributed by atoms with E-state index in [2.05, 4.69) is 25.6 Å². The van der Waals surface area contributed by atoms with Gasteiger partial charge in [-0.05, 0) is 32.1 Å². The molecule has 20 heavy (non-hydrogen) atoms. The maximum Gasteiger partial charge on any atom is 0.259 e. The number of rotatable bonds is 6. The summed E-state index contributed by atoms with van der Waals surface area (Å²) in [6.07, 6.45) is 6.10. The third-order valence-electron chi connectivity index (χ3n) is 4.15. The zero-order valence-electron chi connectivity index (χ0n) is 12.0. The average Bonchev–Trinajstić information content (AvgIpc) is 3.04. The molecule has 1 aromatic rings. The van der Waals surface area contributed by atoms with E-state index in [1.807, 2.05) is 18.4 Å². The quantitative estimate of drug-likeness (QED) is 0.789. The van der Waals surface area contributed by atoms with Crippen LogP contribution >= 0.6 is 15.9 Å². The van der Waals surface area contributed by atoms with Crippen LogP contribution in [0.5, 0.6) is 0 Å². The molecule has 1 N–H and O–H groups in total. The normalized spacial score (nSPS) is 18.6. The molecule has 7 heteroatoms. The van der Waals surface area contributed by atoms with E-state index in [1.54, 1.807) is 6.20 Å². The van der Waals surface area contributed by atoms with Crippen LogP contribution in [-0.2, 0) is 16.6 Å². The van der Waals surface area contributed by atoms with Gasteiger partial charge >= 0.3 is 0 Å². The molecule has 5 nitrogen and oxygen atoms in total. The second kappa shape index (κ2) is 6.15. The molecule has 0 atom stereocenters. The van der Waals surface area contributed by atoms with Crippen LogP contribution < -0.4 is 4.72 Å². The maximum atomic E-state index is 12.3. The van der Waals surface area contributed by atoms with Gasteiger partial charge in [0.15, 0.2) is 5.03 Å². The topological polar surface area (TPSA) is 64.0 Å². The van der Waals surface area contributed by atoms with Gasteiger partial charge in [0, 0.05) is 24.6 Å². The molecular formula is C13H22BrN3O2S. The molecule has 1 aliphatic rings. The summed E-state index contributed by atoms with van der Waals surface area (Å²) in [6, 6.07) is 0. The fourth-order valence-electron chi connectivity index (χ4n) is 2.73. The van der Waals surface area contributed by atoms with E-state index in [1.165, 1.54) is 12.8 Å². The molecule has 2 rings (SSSR count). The molecule has 1 heterocycles. The van der Waals surface area contributed by atoms with E-state index in [4.69, 9.17) is 0 Å². The summed E-state index contributed by atoms with van der Waals surface area (Å²) in [6.45, 7) is 4.99. The zero-order chi connectivity index (χ0) is 14.8. The standard InChI is InChI=1S/C13H22BrN3O2S/c1-3-17-8-12(16-11(17)2)20(18,19)15-10-13(9-14)6-4-5-7-13/h8,15H,3-7,9-10H2,1-2H3. The zero-order valence-corrected chi connectivity index (χ0v) is 14.4. The molecule has 0 bridgehead atoms. The van der Waals surface area contributed by atoms with Crippen molar-refractivity contribution in [3.8, 4) is 0 Å². The van der Waals surface area contributed by atoms with Gasteiger partial charge in [-0.1, -0.05) is 28.8 Å². The predicted molar refractivity (Wildman–Crippen MR) is 82.5 cm³/mol. The van der Waals surface area contributed by atoms with Crippen molar-refractivity contribution in [1.82, 2.24) is 14.3 Å². The summed E-state index contributed by atoms with van der Waals surface area (Å²) in [5, 5.41) is 0.963. The third-order valence-corrected chi connectivity index (χ3v) is 6.62. The molecule has 114 valence electrons. The van der Waals surface area contributed by atoms with Crippen molar-refractivity contribution in [3.63, 3.8) is 0 Å². The van der Waals surface area contributed by atoms with E-state index in [9.17, 15) is 8.42 Å². The van der Waals surface area contributed by atoms with E-state index < -0.39 is 10.0 Å². The molecule has 0 aromatic carbocycles. The van der Waals surface area contributed by atoms with Crippen LogP contribution in [0.4, 0.5) is 0 Å². The van der Waals surface area contributed by atoms with E-state index in [0.717, 1.165) is 30.5 Å². The Morgan fingerprint density at radius 1 is 1.45 bits per heavy atom. The maximum absolute atomic E-state index is 12.3. The Hall–Kier alpha value is -0.400. The molecule has 1 saturated carbocycles. The number of imidazole rings is 1. The number of aryl methyl sites for hydroxylation is 2. The van der Waals surface area contributed by atoms with Crippen molar-refractivity contribution in [2.45, 2.75) is 51.1 Å². The van der Waals surface area contributed by atoms with Crippen molar-refractivity contribution in [2.75, 3.05) is 11.9 Å². The molecule has 1 aromatic heterocycles. The van der Waals surface area contributed by atoms with Gasteiger partial charge in [-0.3, -0.25) is 0 Å². The summed E-state index contributed by atoms with van der Waals surface area (Å²) in [5.41, 5.74) is 0.0649. The Morgan fingerprint density at radius 2 is 2.10 bits per heavy atom. The molecule has 0 saturated heterocycles. The van der Waals surface area contributed by atoms with Gasteiger partial charge in [0.2, 0.25) is 0 Å². The number of nitrogens with one attached hydrogen (secondary N) is 1. The number of sulfonamides is 1. The van der Waals surface area contributed by atoms with E-state index >= 15 is 0 Å². The van der Waals surface area contributed by atoms with Gasteiger partial charge in [0.1, 0.15) is 5.82 Å². The summed E-state index contributed by atoms with van der Waals surface area (Å²) < 4.78 is 29.2. The van der Waals surface area contributed by atoms with Gasteiger partial charge in [0.05, 0.1) is 0 Å². The van der Waals surface area contributed by atoms with Crippen LogP contribution in [-0.4, -0.2) is 29.8 Å². The van der Waals surface area contributed by atoms with Crippen molar-refractivity contribution in [1.29, 1.82) is 0 Å². The Balaban J connectivity index is 2.10. The molecular weight excluding hydrogens is 342 g/mol. The lowest BCUT2D eigenvalue weighted by Crippen LogP contribution is -2.37.